The van der Waals surface area contributed by atoms with Crippen molar-refractivity contribution in [3.05, 3.63) is 47.7 Å². The molecule has 0 saturated carbocycles. The van der Waals surface area contributed by atoms with Gasteiger partial charge in [0, 0.05) is 5.70 Å². The molecule has 1 aliphatic rings. The minimum absolute atomic E-state index is 0.179. The molecule has 13 heavy (non-hydrogen) atoms. The Balaban J connectivity index is 2.96. The minimum atomic E-state index is 0.179. The molecule has 70 valence electrons. The van der Waals surface area contributed by atoms with Crippen LogP contribution in [0.5, 0.6) is 0 Å². The zero-order valence-corrected chi connectivity index (χ0v) is 8.54. The van der Waals surface area contributed by atoms with Crippen molar-refractivity contribution in [1.82, 2.24) is 0 Å². The summed E-state index contributed by atoms with van der Waals surface area (Å²) in [6.45, 7) is 6.58. The van der Waals surface area contributed by atoms with Crippen molar-refractivity contribution in [2.45, 2.75) is 20.8 Å². The highest BCUT2D eigenvalue weighted by molar-refractivity contribution is 5.36. The van der Waals surface area contributed by atoms with Crippen molar-refractivity contribution in [3.63, 3.8) is 0 Å². The van der Waals surface area contributed by atoms with Crippen LogP contribution in [0.25, 0.3) is 0 Å². The SMILES string of the molecule is CC(C)(C)C1=CC=CC=C(N)C=C1. The second-order valence-corrected chi connectivity index (χ2v) is 4.26. The third-order valence-corrected chi connectivity index (χ3v) is 2.00. The van der Waals surface area contributed by atoms with Crippen molar-refractivity contribution < 1.29 is 0 Å². The van der Waals surface area contributed by atoms with Crippen LogP contribution in [0.4, 0.5) is 0 Å². The molecule has 0 fully saturated rings. The summed E-state index contributed by atoms with van der Waals surface area (Å²) in [5, 5.41) is 0. The largest absolute Gasteiger partial charge is 0.399 e. The summed E-state index contributed by atoms with van der Waals surface area (Å²) >= 11 is 0. The van der Waals surface area contributed by atoms with Crippen molar-refractivity contribution in [3.8, 4) is 0 Å². The van der Waals surface area contributed by atoms with E-state index >= 15 is 0 Å². The van der Waals surface area contributed by atoms with E-state index in [2.05, 4.69) is 32.9 Å². The maximum absolute atomic E-state index is 5.71. The van der Waals surface area contributed by atoms with Crippen molar-refractivity contribution in [2.75, 3.05) is 0 Å². The van der Waals surface area contributed by atoms with Crippen molar-refractivity contribution in [1.29, 1.82) is 0 Å². The summed E-state index contributed by atoms with van der Waals surface area (Å²) in [7, 11) is 0. The molecule has 2 N–H and O–H groups in total. The highest BCUT2D eigenvalue weighted by atomic mass is 14.5. The molecule has 0 radical (unpaired) electrons. The predicted octanol–water partition coefficient (Wildman–Crippen LogP) is 2.93. The van der Waals surface area contributed by atoms with E-state index in [1.807, 2.05) is 24.3 Å². The number of rotatable bonds is 0. The average molecular weight is 175 g/mol. The van der Waals surface area contributed by atoms with Crippen LogP contribution in [0.15, 0.2) is 47.7 Å². The molecule has 0 aliphatic heterocycles. The van der Waals surface area contributed by atoms with Crippen molar-refractivity contribution >= 4 is 0 Å². The van der Waals surface area contributed by atoms with Gasteiger partial charge in [-0.05, 0) is 23.1 Å². The fourth-order valence-electron chi connectivity index (χ4n) is 1.12. The first-order chi connectivity index (χ1) is 6.00. The molecule has 1 aliphatic carbocycles. The number of allylic oxidation sites excluding steroid dienone is 7. The lowest BCUT2D eigenvalue weighted by atomic mass is 9.85. The highest BCUT2D eigenvalue weighted by Gasteiger charge is 2.13. The summed E-state index contributed by atoms with van der Waals surface area (Å²) in [4.78, 5) is 0. The van der Waals surface area contributed by atoms with E-state index in [1.54, 1.807) is 0 Å². The fraction of sp³-hybridized carbons (Fsp3) is 0.333. The lowest BCUT2D eigenvalue weighted by Crippen LogP contribution is -2.08. The second kappa shape index (κ2) is 3.65. The Morgan fingerprint density at radius 1 is 1.00 bits per heavy atom. The molecular weight excluding hydrogens is 158 g/mol. The minimum Gasteiger partial charge on any atom is -0.399 e. The Bertz CT molecular complexity index is 296. The molecule has 0 amide bonds. The summed E-state index contributed by atoms with van der Waals surface area (Å²) in [6.07, 6.45) is 12.0. The molecule has 0 aromatic heterocycles. The van der Waals surface area contributed by atoms with Crippen LogP contribution < -0.4 is 5.73 Å². The quantitative estimate of drug-likeness (QED) is 0.602. The number of hydrogen-bond acceptors (Lipinski definition) is 1. The van der Waals surface area contributed by atoms with E-state index in [0.717, 1.165) is 5.70 Å². The Morgan fingerprint density at radius 3 is 2.23 bits per heavy atom. The van der Waals surface area contributed by atoms with E-state index in [9.17, 15) is 0 Å². The van der Waals surface area contributed by atoms with E-state index in [1.165, 1.54) is 5.57 Å². The topological polar surface area (TPSA) is 26.0 Å². The summed E-state index contributed by atoms with van der Waals surface area (Å²) in [6, 6.07) is 0. The first kappa shape index (κ1) is 9.85. The van der Waals surface area contributed by atoms with Gasteiger partial charge in [-0.15, -0.1) is 0 Å². The van der Waals surface area contributed by atoms with Gasteiger partial charge < -0.3 is 5.73 Å². The fourth-order valence-corrected chi connectivity index (χ4v) is 1.12. The summed E-state index contributed by atoms with van der Waals surface area (Å²) in [5.41, 5.74) is 7.97. The van der Waals surface area contributed by atoms with Crippen LogP contribution in [0.1, 0.15) is 20.8 Å². The van der Waals surface area contributed by atoms with Crippen LogP contribution in [-0.2, 0) is 0 Å². The molecule has 0 atom stereocenters. The molecule has 0 unspecified atom stereocenters. The number of hydrogen-bond donors (Lipinski definition) is 1. The van der Waals surface area contributed by atoms with Crippen molar-refractivity contribution in [2.24, 2.45) is 11.1 Å². The standard InChI is InChI=1S/C12H17N/c1-12(2,3)10-6-4-5-7-11(13)9-8-10/h4-9H,13H2,1-3H3. The smallest absolute Gasteiger partial charge is 0.0314 e. The van der Waals surface area contributed by atoms with Gasteiger partial charge in [0.15, 0.2) is 0 Å². The lowest BCUT2D eigenvalue weighted by Gasteiger charge is -2.20. The molecule has 1 heteroatoms. The van der Waals surface area contributed by atoms with E-state index in [0.29, 0.717) is 0 Å². The van der Waals surface area contributed by atoms with Crippen LogP contribution in [0.2, 0.25) is 0 Å². The van der Waals surface area contributed by atoms with Crippen LogP contribution in [0.3, 0.4) is 0 Å². The van der Waals surface area contributed by atoms with E-state index < -0.39 is 0 Å². The first-order valence-electron chi connectivity index (χ1n) is 4.53. The third-order valence-electron chi connectivity index (χ3n) is 2.00. The second-order valence-electron chi connectivity index (χ2n) is 4.26. The van der Waals surface area contributed by atoms with Crippen LogP contribution in [-0.4, -0.2) is 0 Å². The van der Waals surface area contributed by atoms with Crippen LogP contribution >= 0.6 is 0 Å². The molecule has 0 saturated heterocycles. The predicted molar refractivity (Wildman–Crippen MR) is 58.1 cm³/mol. The van der Waals surface area contributed by atoms with Gasteiger partial charge >= 0.3 is 0 Å². The molecule has 0 aromatic rings. The molecular formula is C12H17N. The molecule has 0 aromatic carbocycles. The van der Waals surface area contributed by atoms with Gasteiger partial charge in [0.2, 0.25) is 0 Å². The van der Waals surface area contributed by atoms with E-state index in [-0.39, 0.29) is 5.41 Å². The van der Waals surface area contributed by atoms with Crippen LogP contribution in [0, 0.1) is 5.41 Å². The zero-order valence-electron chi connectivity index (χ0n) is 8.54. The highest BCUT2D eigenvalue weighted by Crippen LogP contribution is 2.26. The van der Waals surface area contributed by atoms with Gasteiger partial charge in [0.05, 0.1) is 0 Å². The van der Waals surface area contributed by atoms with Gasteiger partial charge in [0.25, 0.3) is 0 Å². The Kier molecular flexibility index (Phi) is 2.76. The normalized spacial score (nSPS) is 17.5. The Labute approximate surface area is 80.3 Å². The molecule has 0 heterocycles. The van der Waals surface area contributed by atoms with Gasteiger partial charge in [0.1, 0.15) is 0 Å². The first-order valence-corrected chi connectivity index (χ1v) is 4.53. The maximum Gasteiger partial charge on any atom is 0.0314 e. The average Bonchev–Trinajstić information content (AvgIpc) is 1.94. The Morgan fingerprint density at radius 2 is 1.62 bits per heavy atom. The van der Waals surface area contributed by atoms with Gasteiger partial charge in [-0.2, -0.15) is 0 Å². The summed E-state index contributed by atoms with van der Waals surface area (Å²) in [5.74, 6) is 0. The summed E-state index contributed by atoms with van der Waals surface area (Å²) < 4.78 is 0. The van der Waals surface area contributed by atoms with Gasteiger partial charge in [-0.25, -0.2) is 0 Å². The zero-order chi connectivity index (χ0) is 9.90. The lowest BCUT2D eigenvalue weighted by molar-refractivity contribution is 0.517. The molecule has 1 nitrogen and oxygen atoms in total. The van der Waals surface area contributed by atoms with E-state index in [4.69, 9.17) is 5.73 Å². The van der Waals surface area contributed by atoms with Gasteiger partial charge in [-0.1, -0.05) is 45.1 Å². The number of nitrogens with two attached hydrogens (primary N) is 1. The van der Waals surface area contributed by atoms with Gasteiger partial charge in [-0.3, -0.25) is 0 Å². The maximum atomic E-state index is 5.71. The Hall–Kier alpha value is -1.24. The molecule has 0 spiro atoms. The molecule has 1 rings (SSSR count). The monoisotopic (exact) mass is 175 g/mol. The molecule has 0 bridgehead atoms. The third kappa shape index (κ3) is 2.94.